The van der Waals surface area contributed by atoms with Crippen LogP contribution in [0, 0.1) is 12.8 Å². The van der Waals surface area contributed by atoms with Gasteiger partial charge in [0.1, 0.15) is 15.8 Å². The number of imidazole rings is 1. The first-order chi connectivity index (χ1) is 12.0. The fraction of sp³-hybridized carbons (Fsp3) is 0.647. The molecule has 1 fully saturated rings. The normalized spacial score (nSPS) is 21.0. The summed E-state index contributed by atoms with van der Waals surface area (Å²) in [5.41, 5.74) is 2.11. The van der Waals surface area contributed by atoms with E-state index in [2.05, 4.69) is 46.3 Å². The first-order valence-electron chi connectivity index (χ1n) is 8.84. The van der Waals surface area contributed by atoms with Crippen LogP contribution in [0.1, 0.15) is 47.0 Å². The molecule has 2 aromatic rings. The lowest BCUT2D eigenvalue weighted by Crippen LogP contribution is -2.34. The molecule has 0 aromatic carbocycles. The van der Waals surface area contributed by atoms with Crippen molar-refractivity contribution in [2.75, 3.05) is 20.1 Å². The van der Waals surface area contributed by atoms with Gasteiger partial charge in [-0.1, -0.05) is 25.2 Å². The van der Waals surface area contributed by atoms with E-state index in [0.717, 1.165) is 53.2 Å². The van der Waals surface area contributed by atoms with Gasteiger partial charge in [-0.05, 0) is 20.4 Å². The Morgan fingerprint density at radius 2 is 2.04 bits per heavy atom. The zero-order valence-corrected chi connectivity index (χ0v) is 16.1. The van der Waals surface area contributed by atoms with Gasteiger partial charge in [0.05, 0.1) is 18.2 Å². The largest absolute Gasteiger partial charge is 0.349 e. The number of nitrogens with one attached hydrogen (secondary N) is 2. The molecular weight excluding hydrogens is 336 g/mol. The summed E-state index contributed by atoms with van der Waals surface area (Å²) < 4.78 is 0. The van der Waals surface area contributed by atoms with Crippen LogP contribution < -0.4 is 5.32 Å². The second kappa shape index (κ2) is 7.61. The van der Waals surface area contributed by atoms with Gasteiger partial charge in [-0.2, -0.15) is 0 Å². The van der Waals surface area contributed by atoms with Crippen LogP contribution in [0.2, 0.25) is 0 Å². The van der Waals surface area contributed by atoms with Crippen molar-refractivity contribution in [3.05, 3.63) is 27.2 Å². The maximum atomic E-state index is 12.8. The van der Waals surface area contributed by atoms with Crippen molar-refractivity contribution in [1.82, 2.24) is 30.4 Å². The van der Waals surface area contributed by atoms with Crippen LogP contribution in [0.25, 0.3) is 0 Å². The highest BCUT2D eigenvalue weighted by Gasteiger charge is 2.39. The van der Waals surface area contributed by atoms with Gasteiger partial charge >= 0.3 is 0 Å². The van der Waals surface area contributed by atoms with Gasteiger partial charge in [0.15, 0.2) is 0 Å². The summed E-state index contributed by atoms with van der Waals surface area (Å²) in [5.74, 6) is 1.10. The number of amides is 1. The van der Waals surface area contributed by atoms with Crippen LogP contribution in [-0.2, 0) is 24.2 Å². The van der Waals surface area contributed by atoms with E-state index >= 15 is 0 Å². The van der Waals surface area contributed by atoms with Crippen molar-refractivity contribution >= 4 is 17.2 Å². The molecule has 1 aliphatic rings. The molecule has 1 aliphatic heterocycles. The lowest BCUT2D eigenvalue weighted by Gasteiger charge is -2.16. The number of aromatic amines is 1. The van der Waals surface area contributed by atoms with Gasteiger partial charge in [0, 0.05) is 31.1 Å². The number of aryl methyl sites for hydroxylation is 3. The number of carbonyl (C=O) groups excluding carboxylic acids is 1. The molecule has 2 atom stereocenters. The second-order valence-electron chi connectivity index (χ2n) is 6.64. The molecule has 3 rings (SSSR count). The molecule has 0 aliphatic carbocycles. The number of likely N-dealkylation sites (N-methyl/N-ethyl adjacent to an activating group) is 1. The van der Waals surface area contributed by atoms with Crippen LogP contribution >= 0.6 is 11.3 Å². The molecule has 3 heterocycles. The molecule has 8 heteroatoms. The quantitative estimate of drug-likeness (QED) is 0.816. The monoisotopic (exact) mass is 362 g/mol. The Balaban J connectivity index is 1.69. The first-order valence-corrected chi connectivity index (χ1v) is 9.66. The third kappa shape index (κ3) is 3.90. The minimum Gasteiger partial charge on any atom is -0.349 e. The summed E-state index contributed by atoms with van der Waals surface area (Å²) in [5, 5.41) is 13.1. The average Bonchev–Trinajstić information content (AvgIpc) is 3.30. The van der Waals surface area contributed by atoms with Gasteiger partial charge in [-0.15, -0.1) is 10.2 Å². The van der Waals surface area contributed by atoms with Gasteiger partial charge in [-0.3, -0.25) is 4.79 Å². The van der Waals surface area contributed by atoms with E-state index in [1.807, 2.05) is 6.92 Å². The number of rotatable bonds is 6. The summed E-state index contributed by atoms with van der Waals surface area (Å²) in [6.07, 6.45) is 1.75. The molecule has 0 saturated carbocycles. The molecule has 0 unspecified atom stereocenters. The lowest BCUT2D eigenvalue weighted by atomic mass is 9.91. The summed E-state index contributed by atoms with van der Waals surface area (Å²) in [6.45, 7) is 8.23. The molecule has 1 saturated heterocycles. The predicted molar refractivity (Wildman–Crippen MR) is 97.6 cm³/mol. The van der Waals surface area contributed by atoms with Gasteiger partial charge < -0.3 is 15.2 Å². The van der Waals surface area contributed by atoms with Crippen LogP contribution in [0.5, 0.6) is 0 Å². The highest BCUT2D eigenvalue weighted by molar-refractivity contribution is 7.11. The van der Waals surface area contributed by atoms with Crippen molar-refractivity contribution < 1.29 is 4.79 Å². The zero-order chi connectivity index (χ0) is 18.0. The average molecular weight is 363 g/mol. The number of carbonyl (C=O) groups is 1. The molecule has 0 bridgehead atoms. The smallest absolute Gasteiger partial charge is 0.225 e. The number of aromatic nitrogens is 4. The van der Waals surface area contributed by atoms with Crippen LogP contribution in [-0.4, -0.2) is 51.1 Å². The first kappa shape index (κ1) is 18.0. The maximum absolute atomic E-state index is 12.8. The number of likely N-dealkylation sites (tertiary alicyclic amines) is 1. The molecule has 25 heavy (non-hydrogen) atoms. The minimum atomic E-state index is -0.0877. The lowest BCUT2D eigenvalue weighted by molar-refractivity contribution is -0.125. The Bertz CT molecular complexity index is 739. The van der Waals surface area contributed by atoms with E-state index in [9.17, 15) is 4.79 Å². The highest BCUT2D eigenvalue weighted by atomic mass is 32.1. The van der Waals surface area contributed by atoms with E-state index in [-0.39, 0.29) is 17.7 Å². The fourth-order valence-electron chi connectivity index (χ4n) is 3.41. The predicted octanol–water partition coefficient (Wildman–Crippen LogP) is 1.66. The van der Waals surface area contributed by atoms with E-state index < -0.39 is 0 Å². The zero-order valence-electron chi connectivity index (χ0n) is 15.3. The fourth-order valence-corrected chi connectivity index (χ4v) is 4.13. The Morgan fingerprint density at radius 1 is 1.28 bits per heavy atom. The third-order valence-electron chi connectivity index (χ3n) is 4.72. The van der Waals surface area contributed by atoms with Gasteiger partial charge in [0.2, 0.25) is 5.91 Å². The van der Waals surface area contributed by atoms with E-state index in [0.29, 0.717) is 6.54 Å². The van der Waals surface area contributed by atoms with E-state index in [4.69, 9.17) is 4.98 Å². The minimum absolute atomic E-state index is 0.0723. The third-order valence-corrected chi connectivity index (χ3v) is 5.79. The Hall–Kier alpha value is -1.80. The topological polar surface area (TPSA) is 86.8 Å². The number of hydrogen-bond acceptors (Lipinski definition) is 6. The van der Waals surface area contributed by atoms with Crippen molar-refractivity contribution in [2.45, 2.75) is 46.1 Å². The maximum Gasteiger partial charge on any atom is 0.225 e. The summed E-state index contributed by atoms with van der Waals surface area (Å²) in [6, 6.07) is 0. The molecule has 0 radical (unpaired) electrons. The van der Waals surface area contributed by atoms with Crippen LogP contribution in [0.3, 0.4) is 0 Å². The summed E-state index contributed by atoms with van der Waals surface area (Å²) in [4.78, 5) is 23.1. The Labute approximate surface area is 152 Å². The Kier molecular flexibility index (Phi) is 5.48. The number of nitrogens with zero attached hydrogens (tertiary/aromatic N) is 4. The number of hydrogen-bond donors (Lipinski definition) is 2. The molecule has 7 nitrogen and oxygen atoms in total. The second-order valence-corrected chi connectivity index (χ2v) is 7.79. The standard InChI is InChI=1S/C17H26N6OS/c1-5-13-19-10(3)16(20-13)11-8-23(4)9-12(11)17(24)18-7-15-22-21-14(6-2)25-15/h11-12H,5-9H2,1-4H3,(H,18,24)(H,19,20)/t11-,12-/m0/s1. The molecule has 2 N–H and O–H groups in total. The number of H-pyrrole nitrogens is 1. The van der Waals surface area contributed by atoms with Crippen molar-refractivity contribution in [1.29, 1.82) is 0 Å². The van der Waals surface area contributed by atoms with Gasteiger partial charge in [0.25, 0.3) is 0 Å². The summed E-state index contributed by atoms with van der Waals surface area (Å²) >= 11 is 1.56. The van der Waals surface area contributed by atoms with Crippen LogP contribution in [0.4, 0.5) is 0 Å². The molecule has 0 spiro atoms. The van der Waals surface area contributed by atoms with E-state index in [1.54, 1.807) is 11.3 Å². The molecule has 136 valence electrons. The van der Waals surface area contributed by atoms with Gasteiger partial charge in [-0.25, -0.2) is 4.98 Å². The Morgan fingerprint density at radius 3 is 2.68 bits per heavy atom. The summed E-state index contributed by atoms with van der Waals surface area (Å²) in [7, 11) is 2.06. The molecule has 2 aromatic heterocycles. The van der Waals surface area contributed by atoms with Crippen molar-refractivity contribution in [3.8, 4) is 0 Å². The van der Waals surface area contributed by atoms with Crippen LogP contribution in [0.15, 0.2) is 0 Å². The molecular formula is C17H26N6OS. The van der Waals surface area contributed by atoms with Crippen molar-refractivity contribution in [3.63, 3.8) is 0 Å². The highest BCUT2D eigenvalue weighted by Crippen LogP contribution is 2.33. The molecule has 1 amide bonds. The van der Waals surface area contributed by atoms with Crippen molar-refractivity contribution in [2.24, 2.45) is 5.92 Å². The SMILES string of the molecule is CCc1nc([C@H]2CN(C)C[C@@H]2C(=O)NCc2nnc(CC)s2)c(C)[nH]1. The van der Waals surface area contributed by atoms with E-state index in [1.165, 1.54) is 0 Å².